The van der Waals surface area contributed by atoms with Gasteiger partial charge in [0.15, 0.2) is 0 Å². The van der Waals surface area contributed by atoms with Gasteiger partial charge >= 0.3 is 0 Å². The van der Waals surface area contributed by atoms with Crippen molar-refractivity contribution in [2.45, 2.75) is 27.3 Å². The minimum atomic E-state index is 0. The molecule has 14 heavy (non-hydrogen) atoms. The van der Waals surface area contributed by atoms with Crippen molar-refractivity contribution in [2.75, 3.05) is 6.54 Å². The summed E-state index contributed by atoms with van der Waals surface area (Å²) in [5, 5.41) is 3.44. The Balaban J connectivity index is 0.00000169. The highest BCUT2D eigenvalue weighted by molar-refractivity contribution is 5.85. The number of rotatable bonds is 4. The van der Waals surface area contributed by atoms with Gasteiger partial charge < -0.3 is 5.32 Å². The SMILES string of the molecule is Cc1ccccc1CNCC(C)C.Cl. The molecule has 1 aromatic rings. The third kappa shape index (κ3) is 4.64. The molecule has 0 bridgehead atoms. The molecule has 2 heteroatoms. The van der Waals surface area contributed by atoms with Crippen LogP contribution in [0.2, 0.25) is 0 Å². The Hall–Kier alpha value is -0.530. The molecular formula is C12H20ClN. The van der Waals surface area contributed by atoms with Crippen molar-refractivity contribution in [1.82, 2.24) is 5.32 Å². The van der Waals surface area contributed by atoms with Gasteiger partial charge in [0.2, 0.25) is 0 Å². The molecule has 0 radical (unpaired) electrons. The molecule has 0 fully saturated rings. The molecule has 0 amide bonds. The molecule has 0 atom stereocenters. The summed E-state index contributed by atoms with van der Waals surface area (Å²) in [7, 11) is 0. The highest BCUT2D eigenvalue weighted by atomic mass is 35.5. The number of halogens is 1. The monoisotopic (exact) mass is 213 g/mol. The van der Waals surface area contributed by atoms with E-state index in [0.717, 1.165) is 19.0 Å². The van der Waals surface area contributed by atoms with Gasteiger partial charge in [-0.3, -0.25) is 0 Å². The predicted molar refractivity (Wildman–Crippen MR) is 65.0 cm³/mol. The van der Waals surface area contributed by atoms with E-state index < -0.39 is 0 Å². The van der Waals surface area contributed by atoms with Crippen molar-refractivity contribution in [3.8, 4) is 0 Å². The first kappa shape index (κ1) is 13.5. The van der Waals surface area contributed by atoms with Crippen molar-refractivity contribution >= 4 is 12.4 Å². The van der Waals surface area contributed by atoms with E-state index in [1.807, 2.05) is 0 Å². The van der Waals surface area contributed by atoms with Crippen molar-refractivity contribution < 1.29 is 0 Å². The Bertz CT molecular complexity index is 258. The third-order valence-corrected chi connectivity index (χ3v) is 2.13. The van der Waals surface area contributed by atoms with Gasteiger partial charge in [0.1, 0.15) is 0 Å². The summed E-state index contributed by atoms with van der Waals surface area (Å²) in [5.74, 6) is 0.726. The number of nitrogens with one attached hydrogen (secondary N) is 1. The van der Waals surface area contributed by atoms with E-state index in [2.05, 4.69) is 50.4 Å². The van der Waals surface area contributed by atoms with E-state index in [9.17, 15) is 0 Å². The van der Waals surface area contributed by atoms with Crippen molar-refractivity contribution in [1.29, 1.82) is 0 Å². The molecule has 1 nitrogen and oxygen atoms in total. The molecule has 0 heterocycles. The van der Waals surface area contributed by atoms with E-state index in [0.29, 0.717) is 0 Å². The Kier molecular flexibility index (Phi) is 6.60. The second-order valence-electron chi connectivity index (χ2n) is 3.95. The molecule has 0 aliphatic heterocycles. The number of hydrogen-bond acceptors (Lipinski definition) is 1. The average Bonchev–Trinajstić information content (AvgIpc) is 2.08. The molecule has 0 unspecified atom stereocenters. The maximum absolute atomic E-state index is 3.44. The van der Waals surface area contributed by atoms with Crippen LogP contribution in [0.25, 0.3) is 0 Å². The minimum absolute atomic E-state index is 0. The summed E-state index contributed by atoms with van der Waals surface area (Å²) in [6.45, 7) is 8.70. The van der Waals surface area contributed by atoms with E-state index in [-0.39, 0.29) is 12.4 Å². The van der Waals surface area contributed by atoms with Crippen LogP contribution in [0.3, 0.4) is 0 Å². The summed E-state index contributed by atoms with van der Waals surface area (Å²) in [6.07, 6.45) is 0. The lowest BCUT2D eigenvalue weighted by Gasteiger charge is -2.09. The fraction of sp³-hybridized carbons (Fsp3) is 0.500. The Morgan fingerprint density at radius 1 is 1.21 bits per heavy atom. The molecule has 0 saturated heterocycles. The van der Waals surface area contributed by atoms with Gasteiger partial charge in [0, 0.05) is 6.54 Å². The van der Waals surface area contributed by atoms with Crippen LogP contribution in [0.1, 0.15) is 25.0 Å². The average molecular weight is 214 g/mol. The van der Waals surface area contributed by atoms with Crippen molar-refractivity contribution in [2.24, 2.45) is 5.92 Å². The van der Waals surface area contributed by atoms with Crippen LogP contribution in [-0.4, -0.2) is 6.54 Å². The second kappa shape index (κ2) is 6.86. The van der Waals surface area contributed by atoms with Gasteiger partial charge in [-0.15, -0.1) is 12.4 Å². The molecule has 1 N–H and O–H groups in total. The maximum Gasteiger partial charge on any atom is 0.0208 e. The van der Waals surface area contributed by atoms with E-state index in [1.165, 1.54) is 11.1 Å². The van der Waals surface area contributed by atoms with Gasteiger partial charge in [-0.25, -0.2) is 0 Å². The Morgan fingerprint density at radius 3 is 2.43 bits per heavy atom. The van der Waals surface area contributed by atoms with Gasteiger partial charge in [0.05, 0.1) is 0 Å². The van der Waals surface area contributed by atoms with Gasteiger partial charge in [0.25, 0.3) is 0 Å². The standard InChI is InChI=1S/C12H19N.ClH/c1-10(2)8-13-9-12-7-5-4-6-11(12)3;/h4-7,10,13H,8-9H2,1-3H3;1H. The molecule has 1 aromatic carbocycles. The first-order chi connectivity index (χ1) is 6.20. The molecule has 0 aliphatic carbocycles. The fourth-order valence-electron chi connectivity index (χ4n) is 1.30. The fourth-order valence-corrected chi connectivity index (χ4v) is 1.30. The lowest BCUT2D eigenvalue weighted by atomic mass is 10.1. The number of benzene rings is 1. The van der Waals surface area contributed by atoms with Gasteiger partial charge in [-0.1, -0.05) is 38.1 Å². The number of aryl methyl sites for hydroxylation is 1. The smallest absolute Gasteiger partial charge is 0.0208 e. The first-order valence-corrected chi connectivity index (χ1v) is 4.95. The molecular weight excluding hydrogens is 194 g/mol. The number of hydrogen-bond donors (Lipinski definition) is 1. The zero-order valence-electron chi connectivity index (χ0n) is 9.21. The zero-order valence-corrected chi connectivity index (χ0v) is 10.0. The lowest BCUT2D eigenvalue weighted by molar-refractivity contribution is 0.551. The molecule has 0 saturated carbocycles. The second-order valence-corrected chi connectivity index (χ2v) is 3.95. The summed E-state index contributed by atoms with van der Waals surface area (Å²) in [6, 6.07) is 8.52. The Labute approximate surface area is 93.3 Å². The van der Waals surface area contributed by atoms with Crippen molar-refractivity contribution in [3.05, 3.63) is 35.4 Å². The van der Waals surface area contributed by atoms with Crippen molar-refractivity contribution in [3.63, 3.8) is 0 Å². The Morgan fingerprint density at radius 2 is 1.86 bits per heavy atom. The summed E-state index contributed by atoms with van der Waals surface area (Å²) >= 11 is 0. The van der Waals surface area contributed by atoms with Gasteiger partial charge in [-0.2, -0.15) is 0 Å². The van der Waals surface area contributed by atoms with Crippen LogP contribution in [-0.2, 0) is 6.54 Å². The van der Waals surface area contributed by atoms with E-state index in [1.54, 1.807) is 0 Å². The van der Waals surface area contributed by atoms with E-state index >= 15 is 0 Å². The normalized spacial score (nSPS) is 10.0. The third-order valence-electron chi connectivity index (χ3n) is 2.13. The molecule has 80 valence electrons. The summed E-state index contributed by atoms with van der Waals surface area (Å²) < 4.78 is 0. The minimum Gasteiger partial charge on any atom is -0.312 e. The van der Waals surface area contributed by atoms with Crippen LogP contribution in [0, 0.1) is 12.8 Å². The molecule has 0 aromatic heterocycles. The van der Waals surface area contributed by atoms with Crippen LogP contribution >= 0.6 is 12.4 Å². The zero-order chi connectivity index (χ0) is 9.68. The van der Waals surface area contributed by atoms with Crippen LogP contribution < -0.4 is 5.32 Å². The maximum atomic E-state index is 3.44. The predicted octanol–water partition coefficient (Wildman–Crippen LogP) is 3.16. The van der Waals surface area contributed by atoms with Crippen LogP contribution in [0.15, 0.2) is 24.3 Å². The highest BCUT2D eigenvalue weighted by Gasteiger charge is 1.96. The molecule has 0 spiro atoms. The van der Waals surface area contributed by atoms with Crippen LogP contribution in [0.4, 0.5) is 0 Å². The highest BCUT2D eigenvalue weighted by Crippen LogP contribution is 2.06. The molecule has 0 aliphatic rings. The topological polar surface area (TPSA) is 12.0 Å². The summed E-state index contributed by atoms with van der Waals surface area (Å²) in [4.78, 5) is 0. The van der Waals surface area contributed by atoms with Gasteiger partial charge in [-0.05, 0) is 30.5 Å². The quantitative estimate of drug-likeness (QED) is 0.811. The van der Waals surface area contributed by atoms with E-state index in [4.69, 9.17) is 0 Å². The van der Waals surface area contributed by atoms with Crippen LogP contribution in [0.5, 0.6) is 0 Å². The first-order valence-electron chi connectivity index (χ1n) is 4.95. The molecule has 1 rings (SSSR count). The summed E-state index contributed by atoms with van der Waals surface area (Å²) in [5.41, 5.74) is 2.78. The largest absolute Gasteiger partial charge is 0.312 e. The lowest BCUT2D eigenvalue weighted by Crippen LogP contribution is -2.19.